The smallest absolute Gasteiger partial charge is 0.446 e. The van der Waals surface area contributed by atoms with E-state index in [4.69, 9.17) is 4.74 Å². The van der Waals surface area contributed by atoms with E-state index in [1.54, 1.807) is 47.0 Å². The van der Waals surface area contributed by atoms with E-state index >= 15 is 0 Å². The molecular formula is C27H29F4N5O2S. The highest BCUT2D eigenvalue weighted by Gasteiger charge is 2.33. The third-order valence-corrected chi connectivity index (χ3v) is 7.20. The lowest BCUT2D eigenvalue weighted by atomic mass is 10.0. The summed E-state index contributed by atoms with van der Waals surface area (Å²) in [6, 6.07) is 9.37. The third kappa shape index (κ3) is 6.91. The maximum Gasteiger partial charge on any atom is 0.446 e. The molecule has 7 nitrogen and oxygen atoms in total. The number of alkyl halides is 4. The van der Waals surface area contributed by atoms with Crippen molar-refractivity contribution in [3.05, 3.63) is 53.7 Å². The number of nitrogens with zero attached hydrogens (tertiary/aromatic N) is 2. The number of hydrogen-bond donors (Lipinski definition) is 3. The van der Waals surface area contributed by atoms with Gasteiger partial charge < -0.3 is 30.0 Å². The first-order valence-electron chi connectivity index (χ1n) is 12.2. The Morgan fingerprint density at radius 2 is 2.05 bits per heavy atom. The second kappa shape index (κ2) is 12.1. The van der Waals surface area contributed by atoms with Gasteiger partial charge in [-0.3, -0.25) is 4.79 Å². The van der Waals surface area contributed by atoms with Crippen molar-refractivity contribution >= 4 is 34.7 Å². The van der Waals surface area contributed by atoms with Crippen LogP contribution in [0.1, 0.15) is 22.3 Å². The van der Waals surface area contributed by atoms with E-state index in [1.165, 1.54) is 14.2 Å². The first-order chi connectivity index (χ1) is 18.6. The van der Waals surface area contributed by atoms with Crippen molar-refractivity contribution in [3.63, 3.8) is 0 Å². The van der Waals surface area contributed by atoms with Crippen LogP contribution in [0.25, 0.3) is 5.52 Å². The number of benzene rings is 1. The second-order valence-electron chi connectivity index (χ2n) is 9.05. The maximum atomic E-state index is 14.6. The zero-order valence-corrected chi connectivity index (χ0v) is 22.5. The lowest BCUT2D eigenvalue weighted by Gasteiger charge is -2.33. The zero-order chi connectivity index (χ0) is 28.2. The van der Waals surface area contributed by atoms with Gasteiger partial charge in [-0.25, -0.2) is 4.39 Å². The fraction of sp³-hybridized carbons (Fsp3) is 0.370. The number of rotatable bonds is 7. The largest absolute Gasteiger partial charge is 0.495 e. The highest BCUT2D eigenvalue weighted by molar-refractivity contribution is 8.00. The molecule has 1 aliphatic heterocycles. The van der Waals surface area contributed by atoms with Gasteiger partial charge in [0.15, 0.2) is 0 Å². The molecule has 4 rings (SSSR count). The predicted octanol–water partition coefficient (Wildman–Crippen LogP) is 4.84. The third-order valence-electron chi connectivity index (χ3n) is 6.34. The van der Waals surface area contributed by atoms with Gasteiger partial charge in [0.05, 0.1) is 41.4 Å². The Morgan fingerprint density at radius 3 is 2.74 bits per heavy atom. The minimum atomic E-state index is -4.52. The molecule has 208 valence electrons. The van der Waals surface area contributed by atoms with Crippen LogP contribution in [0.15, 0.2) is 47.5 Å². The molecule has 0 spiro atoms. The summed E-state index contributed by atoms with van der Waals surface area (Å²) in [5, 5.41) is 8.79. The molecule has 3 N–H and O–H groups in total. The maximum absolute atomic E-state index is 14.6. The van der Waals surface area contributed by atoms with Crippen molar-refractivity contribution in [3.8, 4) is 17.6 Å². The predicted molar refractivity (Wildman–Crippen MR) is 145 cm³/mol. The molecule has 1 aromatic carbocycles. The molecule has 0 unspecified atom stereocenters. The van der Waals surface area contributed by atoms with E-state index < -0.39 is 17.7 Å². The van der Waals surface area contributed by atoms with Crippen LogP contribution in [-0.2, 0) is 0 Å². The molecule has 39 heavy (non-hydrogen) atoms. The van der Waals surface area contributed by atoms with Gasteiger partial charge in [-0.15, -0.1) is 0 Å². The molecule has 1 saturated heterocycles. The van der Waals surface area contributed by atoms with Crippen LogP contribution in [0.5, 0.6) is 5.75 Å². The molecular weight excluding hydrogens is 534 g/mol. The van der Waals surface area contributed by atoms with Gasteiger partial charge in [0.2, 0.25) is 0 Å². The number of halogens is 4. The second-order valence-corrected chi connectivity index (χ2v) is 10.1. The molecule has 1 aliphatic rings. The molecule has 12 heteroatoms. The SMILES string of the molecule is CNC(=O)c1ccc(NCC#Cc2cn3c(N[C@@H]4CCN(C)C[C@@H]4F)cccc3c2SC(F)(F)F)c(OC)c1. The summed E-state index contributed by atoms with van der Waals surface area (Å²) in [4.78, 5) is 13.7. The minimum absolute atomic E-state index is 0.0219. The molecule has 0 radical (unpaired) electrons. The Labute approximate surface area is 228 Å². The molecule has 0 saturated carbocycles. The number of thioether (sulfide) groups is 1. The van der Waals surface area contributed by atoms with E-state index in [0.717, 1.165) is 6.54 Å². The average Bonchev–Trinajstić information content (AvgIpc) is 3.24. The number of likely N-dealkylation sites (tertiary alicyclic amines) is 1. The van der Waals surface area contributed by atoms with Crippen LogP contribution >= 0.6 is 11.8 Å². The van der Waals surface area contributed by atoms with E-state index in [9.17, 15) is 22.4 Å². The monoisotopic (exact) mass is 563 g/mol. The molecule has 3 heterocycles. The summed E-state index contributed by atoms with van der Waals surface area (Å²) in [6.45, 7) is 1.12. The fourth-order valence-corrected chi connectivity index (χ4v) is 5.13. The first-order valence-corrected chi connectivity index (χ1v) is 13.0. The van der Waals surface area contributed by atoms with Crippen LogP contribution in [0.3, 0.4) is 0 Å². The van der Waals surface area contributed by atoms with E-state index in [2.05, 4.69) is 27.8 Å². The van der Waals surface area contributed by atoms with Crippen LogP contribution < -0.4 is 20.7 Å². The van der Waals surface area contributed by atoms with Crippen molar-refractivity contribution in [2.75, 3.05) is 51.5 Å². The van der Waals surface area contributed by atoms with Crippen LogP contribution in [0.4, 0.5) is 29.1 Å². The summed E-state index contributed by atoms with van der Waals surface area (Å²) < 4.78 is 62.0. The zero-order valence-electron chi connectivity index (χ0n) is 21.7. The summed E-state index contributed by atoms with van der Waals surface area (Å²) in [7, 11) is 4.85. The van der Waals surface area contributed by atoms with Crippen LogP contribution in [-0.4, -0.2) is 73.8 Å². The number of methoxy groups -OCH3 is 1. The van der Waals surface area contributed by atoms with Crippen molar-refractivity contribution in [2.45, 2.75) is 29.0 Å². The number of aromatic nitrogens is 1. The molecule has 1 amide bonds. The number of fused-ring (bicyclic) bond motifs is 1. The van der Waals surface area contributed by atoms with Gasteiger partial charge in [-0.2, -0.15) is 13.2 Å². The average molecular weight is 564 g/mol. The van der Waals surface area contributed by atoms with Gasteiger partial charge in [-0.1, -0.05) is 17.9 Å². The standard InChI is InChI=1S/C27H29F4N5O2S/c1-32-26(37)17-9-10-21(23(14-17)38-3)33-12-5-6-18-15-36-22(25(18)39-27(29,30)31)7-4-8-24(36)34-20-11-13-35(2)16-19(20)28/h4,7-10,14-15,19-20,33-34H,11-13,16H2,1-3H3,(H,32,37)/t19-,20+/m0/s1. The Hall–Kier alpha value is -3.56. The van der Waals surface area contributed by atoms with Crippen molar-refractivity contribution in [2.24, 2.45) is 0 Å². The lowest BCUT2D eigenvalue weighted by Crippen LogP contribution is -2.46. The highest BCUT2D eigenvalue weighted by Crippen LogP contribution is 2.42. The molecule has 1 fully saturated rings. The first kappa shape index (κ1) is 28.4. The van der Waals surface area contributed by atoms with Gasteiger partial charge in [0.25, 0.3) is 5.91 Å². The Morgan fingerprint density at radius 1 is 1.26 bits per heavy atom. The van der Waals surface area contributed by atoms with E-state index in [0.29, 0.717) is 34.8 Å². The fourth-order valence-electron chi connectivity index (χ4n) is 4.41. The number of anilines is 2. The number of piperidine rings is 1. The summed E-state index contributed by atoms with van der Waals surface area (Å²) in [6.07, 6.45) is 1.01. The van der Waals surface area contributed by atoms with Gasteiger partial charge in [-0.05, 0) is 55.6 Å². The lowest BCUT2D eigenvalue weighted by molar-refractivity contribution is -0.0327. The minimum Gasteiger partial charge on any atom is -0.495 e. The molecule has 2 aromatic heterocycles. The number of ether oxygens (including phenoxy) is 1. The summed E-state index contributed by atoms with van der Waals surface area (Å²) in [5.41, 5.74) is -2.98. The van der Waals surface area contributed by atoms with Crippen molar-refractivity contribution < 1.29 is 27.1 Å². The number of carbonyl (C=O) groups excluding carboxylic acids is 1. The Bertz CT molecular complexity index is 1400. The van der Waals surface area contributed by atoms with Crippen LogP contribution in [0.2, 0.25) is 0 Å². The normalized spacial score (nSPS) is 17.8. The van der Waals surface area contributed by atoms with Gasteiger partial charge in [0.1, 0.15) is 17.7 Å². The number of carbonyl (C=O) groups is 1. The molecule has 2 atom stereocenters. The van der Waals surface area contributed by atoms with Gasteiger partial charge in [0, 0.05) is 31.9 Å². The summed E-state index contributed by atoms with van der Waals surface area (Å²) >= 11 is -0.224. The summed E-state index contributed by atoms with van der Waals surface area (Å²) in [5.74, 6) is 6.39. The Kier molecular flexibility index (Phi) is 8.82. The van der Waals surface area contributed by atoms with Gasteiger partial charge >= 0.3 is 5.51 Å². The Balaban J connectivity index is 1.59. The van der Waals surface area contributed by atoms with Crippen LogP contribution in [0, 0.1) is 11.8 Å². The molecule has 0 bridgehead atoms. The topological polar surface area (TPSA) is 70.0 Å². The molecule has 0 aliphatic carbocycles. The van der Waals surface area contributed by atoms with E-state index in [1.807, 2.05) is 11.9 Å². The van der Waals surface area contributed by atoms with Crippen molar-refractivity contribution in [1.82, 2.24) is 14.6 Å². The van der Waals surface area contributed by atoms with E-state index in [-0.39, 0.29) is 41.2 Å². The number of hydrogen-bond acceptors (Lipinski definition) is 6. The van der Waals surface area contributed by atoms with Crippen molar-refractivity contribution in [1.29, 1.82) is 0 Å². The highest BCUT2D eigenvalue weighted by atomic mass is 32.2. The number of amides is 1. The number of nitrogens with one attached hydrogen (secondary N) is 3. The molecule has 3 aromatic rings. The number of pyridine rings is 1. The quantitative estimate of drug-likeness (QED) is 0.217.